The minimum atomic E-state index is -5.06. The van der Waals surface area contributed by atoms with Crippen LogP contribution < -0.4 is 15.4 Å². The summed E-state index contributed by atoms with van der Waals surface area (Å²) < 4.78 is 96.1. The summed E-state index contributed by atoms with van der Waals surface area (Å²) in [7, 11) is 1.60. The predicted octanol–water partition coefficient (Wildman–Crippen LogP) is 5.96. The molecule has 3 atom stereocenters. The number of hydrogen-bond acceptors (Lipinski definition) is 9. The van der Waals surface area contributed by atoms with Gasteiger partial charge in [0.05, 0.1) is 15.8 Å². The van der Waals surface area contributed by atoms with Crippen molar-refractivity contribution in [1.82, 2.24) is 24.8 Å². The first kappa shape index (κ1) is 32.4. The van der Waals surface area contributed by atoms with Gasteiger partial charge in [-0.25, -0.2) is 18.2 Å². The standard InChI is InChI=1S/C32H31F6N7O2S/c1-3-23(46)44-9-8-17(13-44)43(2)29-20-11-21(32(36,37)38)24(19-6-7-22(34)28-27(19)40-30(39)48-28)25(35)26(20)41-31(42-29)47-14-18-10-15(33)12-45(18)16-4-5-16/h3,6-7,11,15-18H,1,4-5,8-10,12-14H2,2H3,(H2,39,40). The molecule has 0 bridgehead atoms. The zero-order chi connectivity index (χ0) is 34.1. The van der Waals surface area contributed by atoms with Gasteiger partial charge in [-0.05, 0) is 50.0 Å². The molecule has 3 aliphatic rings. The van der Waals surface area contributed by atoms with E-state index in [0.29, 0.717) is 13.0 Å². The highest BCUT2D eigenvalue weighted by atomic mass is 32.1. The van der Waals surface area contributed by atoms with Crippen LogP contribution in [0.4, 0.5) is 37.3 Å². The largest absolute Gasteiger partial charge is 0.462 e. The molecule has 2 N–H and O–H groups in total. The van der Waals surface area contributed by atoms with Crippen molar-refractivity contribution >= 4 is 49.3 Å². The molecule has 1 saturated carbocycles. The quantitative estimate of drug-likeness (QED) is 0.179. The van der Waals surface area contributed by atoms with E-state index in [1.54, 1.807) is 16.8 Å². The average Bonchev–Trinajstić information content (AvgIpc) is 3.43. The number of hydrogen-bond donors (Lipinski definition) is 1. The molecule has 3 unspecified atom stereocenters. The fourth-order valence-corrected chi connectivity index (χ4v) is 7.60. The molecule has 2 aliphatic heterocycles. The van der Waals surface area contributed by atoms with Crippen LogP contribution in [0.15, 0.2) is 30.9 Å². The summed E-state index contributed by atoms with van der Waals surface area (Å²) in [5, 5.41) is -0.344. The third-order valence-electron chi connectivity index (χ3n) is 9.34. The number of nitrogens with two attached hydrogens (primary N) is 1. The summed E-state index contributed by atoms with van der Waals surface area (Å²) in [6.07, 6.45) is -2.32. The van der Waals surface area contributed by atoms with Crippen molar-refractivity contribution < 1.29 is 35.9 Å². The van der Waals surface area contributed by atoms with Gasteiger partial charge in [-0.1, -0.05) is 17.9 Å². The van der Waals surface area contributed by atoms with Crippen LogP contribution in [-0.2, 0) is 11.0 Å². The second-order valence-corrected chi connectivity index (χ2v) is 13.5. The van der Waals surface area contributed by atoms with E-state index >= 15 is 4.39 Å². The molecule has 2 aromatic carbocycles. The molecular weight excluding hydrogens is 660 g/mol. The highest BCUT2D eigenvalue weighted by Gasteiger charge is 2.42. The second-order valence-electron chi connectivity index (χ2n) is 12.4. The number of halogens is 6. The number of aromatic nitrogens is 3. The minimum absolute atomic E-state index is 0.0115. The highest BCUT2D eigenvalue weighted by molar-refractivity contribution is 7.22. The highest BCUT2D eigenvalue weighted by Crippen LogP contribution is 2.46. The number of carbonyl (C=O) groups is 1. The number of anilines is 2. The van der Waals surface area contributed by atoms with Crippen molar-refractivity contribution in [2.75, 3.05) is 43.9 Å². The van der Waals surface area contributed by atoms with Crippen molar-refractivity contribution in [3.8, 4) is 17.1 Å². The SMILES string of the molecule is C=CC(=O)N1CCC(N(C)c2nc(OCC3CC(F)CN3C3CC3)nc3c(F)c(-c4ccc(F)c5sc(N)nc45)c(C(F)(F)F)cc23)C1. The lowest BCUT2D eigenvalue weighted by atomic mass is 9.95. The monoisotopic (exact) mass is 691 g/mol. The number of benzene rings is 2. The van der Waals surface area contributed by atoms with Crippen molar-refractivity contribution in [3.63, 3.8) is 0 Å². The van der Waals surface area contributed by atoms with Crippen molar-refractivity contribution in [3.05, 3.63) is 48.1 Å². The molecule has 7 rings (SSSR count). The van der Waals surface area contributed by atoms with Gasteiger partial charge in [-0.2, -0.15) is 23.1 Å². The number of ether oxygens (including phenoxy) is 1. The molecule has 3 fully saturated rings. The molecule has 4 aromatic rings. The Bertz CT molecular complexity index is 1930. The van der Waals surface area contributed by atoms with Crippen molar-refractivity contribution in [1.29, 1.82) is 0 Å². The maximum absolute atomic E-state index is 16.8. The number of amides is 1. The van der Waals surface area contributed by atoms with E-state index in [0.717, 1.165) is 42.4 Å². The lowest BCUT2D eigenvalue weighted by Crippen LogP contribution is -2.37. The van der Waals surface area contributed by atoms with Crippen LogP contribution in [0.1, 0.15) is 31.2 Å². The molecule has 9 nitrogen and oxygen atoms in total. The molecule has 1 aliphatic carbocycles. The number of likely N-dealkylation sites (tertiary alicyclic amines) is 2. The first-order valence-electron chi connectivity index (χ1n) is 15.5. The van der Waals surface area contributed by atoms with Gasteiger partial charge in [0, 0.05) is 61.3 Å². The van der Waals surface area contributed by atoms with Gasteiger partial charge in [-0.3, -0.25) is 9.69 Å². The Balaban J connectivity index is 1.38. The predicted molar refractivity (Wildman–Crippen MR) is 170 cm³/mol. The molecule has 16 heteroatoms. The smallest absolute Gasteiger partial charge is 0.417 e. The van der Waals surface area contributed by atoms with E-state index in [9.17, 15) is 26.7 Å². The Morgan fingerprint density at radius 1 is 1.17 bits per heavy atom. The van der Waals surface area contributed by atoms with Crippen LogP contribution in [0.3, 0.4) is 0 Å². The third kappa shape index (κ3) is 5.78. The van der Waals surface area contributed by atoms with Gasteiger partial charge in [-0.15, -0.1) is 0 Å². The van der Waals surface area contributed by atoms with Crippen molar-refractivity contribution in [2.45, 2.75) is 56.2 Å². The van der Waals surface area contributed by atoms with Crippen LogP contribution in [0, 0.1) is 11.6 Å². The van der Waals surface area contributed by atoms with E-state index in [1.165, 1.54) is 6.08 Å². The third-order valence-corrected chi connectivity index (χ3v) is 10.2. The number of likely N-dealkylation sites (N-methyl/N-ethyl adjacent to an activating group) is 1. The van der Waals surface area contributed by atoms with Crippen LogP contribution in [0.5, 0.6) is 6.01 Å². The lowest BCUT2D eigenvalue weighted by Gasteiger charge is -2.28. The summed E-state index contributed by atoms with van der Waals surface area (Å²) >= 11 is 0.733. The van der Waals surface area contributed by atoms with Gasteiger partial charge < -0.3 is 20.3 Å². The maximum atomic E-state index is 16.8. The topological polar surface area (TPSA) is 101 Å². The molecule has 254 valence electrons. The number of nitrogen functional groups attached to an aromatic ring is 1. The lowest BCUT2D eigenvalue weighted by molar-refractivity contribution is -0.137. The number of nitrogens with zero attached hydrogens (tertiary/aromatic N) is 6. The number of fused-ring (bicyclic) bond motifs is 2. The Kier molecular flexibility index (Phi) is 8.13. The number of thiazole rings is 1. The van der Waals surface area contributed by atoms with Gasteiger partial charge in [0.25, 0.3) is 0 Å². The minimum Gasteiger partial charge on any atom is -0.462 e. The van der Waals surface area contributed by atoms with Crippen LogP contribution in [-0.4, -0.2) is 88.2 Å². The summed E-state index contributed by atoms with van der Waals surface area (Å²) in [5.41, 5.74) is 2.58. The van der Waals surface area contributed by atoms with Gasteiger partial charge in [0.15, 0.2) is 10.9 Å². The Hall–Kier alpha value is -4.18. The Morgan fingerprint density at radius 2 is 1.94 bits per heavy atom. The molecule has 0 spiro atoms. The Morgan fingerprint density at radius 3 is 2.65 bits per heavy atom. The van der Waals surface area contributed by atoms with Crippen LogP contribution >= 0.6 is 11.3 Å². The summed E-state index contributed by atoms with van der Waals surface area (Å²) in [4.78, 5) is 30.2. The zero-order valence-corrected chi connectivity index (χ0v) is 26.6. The first-order chi connectivity index (χ1) is 22.8. The fourth-order valence-electron chi connectivity index (χ4n) is 6.84. The molecule has 4 heterocycles. The first-order valence-corrected chi connectivity index (χ1v) is 16.3. The van der Waals surface area contributed by atoms with E-state index in [1.807, 2.05) is 4.90 Å². The van der Waals surface area contributed by atoms with Crippen molar-refractivity contribution in [2.24, 2.45) is 0 Å². The number of alkyl halides is 4. The summed E-state index contributed by atoms with van der Waals surface area (Å²) in [6, 6.07) is 2.03. The molecule has 1 amide bonds. The van der Waals surface area contributed by atoms with Gasteiger partial charge in [0.2, 0.25) is 5.91 Å². The van der Waals surface area contributed by atoms with E-state index in [-0.39, 0.29) is 88.3 Å². The normalized spacial score (nSPS) is 21.8. The van der Waals surface area contributed by atoms with Gasteiger partial charge in [0.1, 0.15) is 29.9 Å². The molecule has 48 heavy (non-hydrogen) atoms. The molecule has 0 radical (unpaired) electrons. The van der Waals surface area contributed by atoms with E-state index < -0.39 is 40.6 Å². The zero-order valence-electron chi connectivity index (χ0n) is 25.7. The summed E-state index contributed by atoms with van der Waals surface area (Å²) in [5.74, 6) is -2.43. The molecular formula is C32H31F6N7O2S. The fraction of sp³-hybridized carbons (Fsp3) is 0.438. The van der Waals surface area contributed by atoms with Gasteiger partial charge >= 0.3 is 12.2 Å². The number of rotatable bonds is 8. The molecule has 2 aromatic heterocycles. The van der Waals surface area contributed by atoms with Crippen LogP contribution in [0.2, 0.25) is 0 Å². The second kappa shape index (κ2) is 12.1. The van der Waals surface area contributed by atoms with E-state index in [2.05, 4.69) is 21.5 Å². The summed E-state index contributed by atoms with van der Waals surface area (Å²) in [6.45, 7) is 4.38. The van der Waals surface area contributed by atoms with E-state index in [4.69, 9.17) is 10.5 Å². The maximum Gasteiger partial charge on any atom is 0.417 e. The van der Waals surface area contributed by atoms with Crippen LogP contribution in [0.25, 0.3) is 32.2 Å². The molecule has 2 saturated heterocycles. The Labute approximate surface area is 275 Å². The average molecular weight is 692 g/mol. The number of carbonyl (C=O) groups excluding carboxylic acids is 1.